The fraction of sp³-hybridized carbons (Fsp3) is 1.00. The number of hydrogen-bond donors (Lipinski definition) is 1. The molecule has 0 aromatic carbocycles. The molecule has 118 valence electrons. The first-order valence-electron chi connectivity index (χ1n) is 8.93. The Balaban J connectivity index is 2.07. The van der Waals surface area contributed by atoms with Crippen LogP contribution >= 0.6 is 0 Å². The normalized spacial score (nSPS) is 33.0. The van der Waals surface area contributed by atoms with Gasteiger partial charge in [0.2, 0.25) is 0 Å². The summed E-state index contributed by atoms with van der Waals surface area (Å²) in [6.07, 6.45) is 10.0. The van der Waals surface area contributed by atoms with Gasteiger partial charge in [0.25, 0.3) is 0 Å². The number of likely N-dealkylation sites (N-methyl/N-ethyl adjacent to an activating group) is 1. The van der Waals surface area contributed by atoms with Crippen molar-refractivity contribution in [2.75, 3.05) is 6.54 Å². The second kappa shape index (κ2) is 6.79. The lowest BCUT2D eigenvalue weighted by atomic mass is 9.67. The van der Waals surface area contributed by atoms with Gasteiger partial charge in [-0.15, -0.1) is 0 Å². The predicted octanol–water partition coefficient (Wildman–Crippen LogP) is 4.22. The van der Waals surface area contributed by atoms with Crippen LogP contribution in [0.15, 0.2) is 0 Å². The molecule has 0 aromatic rings. The van der Waals surface area contributed by atoms with Gasteiger partial charge in [0.05, 0.1) is 6.10 Å². The third-order valence-electron chi connectivity index (χ3n) is 6.38. The van der Waals surface area contributed by atoms with Crippen molar-refractivity contribution in [2.24, 2.45) is 11.3 Å². The van der Waals surface area contributed by atoms with Gasteiger partial charge >= 0.3 is 0 Å². The Kier molecular flexibility index (Phi) is 5.53. The molecule has 3 atom stereocenters. The van der Waals surface area contributed by atoms with Gasteiger partial charge in [0.1, 0.15) is 0 Å². The van der Waals surface area contributed by atoms with E-state index in [9.17, 15) is 5.11 Å². The molecule has 0 aliphatic heterocycles. The molecule has 0 aromatic heterocycles. The maximum Gasteiger partial charge on any atom is 0.0695 e. The molecule has 2 aliphatic carbocycles. The molecule has 2 rings (SSSR count). The van der Waals surface area contributed by atoms with Crippen molar-refractivity contribution >= 4 is 0 Å². The van der Waals surface area contributed by atoms with Crippen LogP contribution in [-0.2, 0) is 0 Å². The Hall–Kier alpha value is -0.0800. The van der Waals surface area contributed by atoms with Crippen LogP contribution < -0.4 is 0 Å². The molecule has 0 bridgehead atoms. The summed E-state index contributed by atoms with van der Waals surface area (Å²) < 4.78 is 0. The van der Waals surface area contributed by atoms with Gasteiger partial charge in [0, 0.05) is 12.1 Å². The van der Waals surface area contributed by atoms with Gasteiger partial charge in [-0.2, -0.15) is 0 Å². The van der Waals surface area contributed by atoms with E-state index >= 15 is 0 Å². The summed E-state index contributed by atoms with van der Waals surface area (Å²) in [6, 6.07) is 1.15. The van der Waals surface area contributed by atoms with E-state index in [0.29, 0.717) is 11.5 Å². The smallest absolute Gasteiger partial charge is 0.0695 e. The summed E-state index contributed by atoms with van der Waals surface area (Å²) in [7, 11) is 0. The van der Waals surface area contributed by atoms with Crippen LogP contribution in [0.1, 0.15) is 79.1 Å². The minimum Gasteiger partial charge on any atom is -0.391 e. The summed E-state index contributed by atoms with van der Waals surface area (Å²) in [5, 5.41) is 10.5. The molecule has 2 aliphatic rings. The molecule has 3 unspecified atom stereocenters. The topological polar surface area (TPSA) is 23.5 Å². The molecule has 1 N–H and O–H groups in total. The molecule has 2 saturated carbocycles. The number of nitrogens with zero attached hydrogens (tertiary/aromatic N) is 1. The zero-order valence-corrected chi connectivity index (χ0v) is 14.1. The maximum atomic E-state index is 10.5. The molecule has 0 amide bonds. The molecular formula is C18H35NO. The van der Waals surface area contributed by atoms with E-state index < -0.39 is 0 Å². The fourth-order valence-electron chi connectivity index (χ4n) is 4.49. The van der Waals surface area contributed by atoms with Crippen LogP contribution in [0.5, 0.6) is 0 Å². The summed E-state index contributed by atoms with van der Waals surface area (Å²) in [5.74, 6) is 0.774. The van der Waals surface area contributed by atoms with Gasteiger partial charge < -0.3 is 5.11 Å². The average Bonchev–Trinajstić information content (AvgIpc) is 2.95. The van der Waals surface area contributed by atoms with E-state index in [1.165, 1.54) is 44.9 Å². The Bertz CT molecular complexity index is 296. The Morgan fingerprint density at radius 2 is 1.70 bits per heavy atom. The van der Waals surface area contributed by atoms with Crippen LogP contribution in [0.3, 0.4) is 0 Å². The highest BCUT2D eigenvalue weighted by atomic mass is 16.3. The van der Waals surface area contributed by atoms with Crippen molar-refractivity contribution < 1.29 is 5.11 Å². The Morgan fingerprint density at radius 3 is 2.25 bits per heavy atom. The van der Waals surface area contributed by atoms with Gasteiger partial charge in [-0.05, 0) is 50.0 Å². The Labute approximate surface area is 125 Å². The highest BCUT2D eigenvalue weighted by Gasteiger charge is 2.40. The number of rotatable bonds is 5. The van der Waals surface area contributed by atoms with E-state index in [-0.39, 0.29) is 6.10 Å². The molecule has 0 radical (unpaired) electrons. The van der Waals surface area contributed by atoms with Crippen molar-refractivity contribution in [3.63, 3.8) is 0 Å². The zero-order valence-electron chi connectivity index (χ0n) is 14.1. The van der Waals surface area contributed by atoms with E-state index in [4.69, 9.17) is 0 Å². The van der Waals surface area contributed by atoms with E-state index in [2.05, 4.69) is 32.6 Å². The minimum absolute atomic E-state index is 0.0977. The van der Waals surface area contributed by atoms with Crippen molar-refractivity contribution in [3.05, 3.63) is 0 Å². The lowest BCUT2D eigenvalue weighted by Gasteiger charge is -2.47. The molecule has 0 spiro atoms. The number of hydrogen-bond acceptors (Lipinski definition) is 2. The average molecular weight is 281 g/mol. The first kappa shape index (κ1) is 16.3. The SMILES string of the molecule is CCN(C1CCCC1)C1CC(C(C)(C)CC)CCC1O. The van der Waals surface area contributed by atoms with Crippen molar-refractivity contribution in [3.8, 4) is 0 Å². The third kappa shape index (κ3) is 3.39. The van der Waals surface area contributed by atoms with Crippen LogP contribution in [0.25, 0.3) is 0 Å². The summed E-state index contributed by atoms with van der Waals surface area (Å²) in [5.41, 5.74) is 0.424. The first-order valence-corrected chi connectivity index (χ1v) is 8.93. The largest absolute Gasteiger partial charge is 0.391 e. The van der Waals surface area contributed by atoms with Crippen molar-refractivity contribution in [1.29, 1.82) is 0 Å². The van der Waals surface area contributed by atoms with Crippen molar-refractivity contribution in [1.82, 2.24) is 4.90 Å². The molecule has 2 nitrogen and oxygen atoms in total. The quantitative estimate of drug-likeness (QED) is 0.815. The van der Waals surface area contributed by atoms with Gasteiger partial charge in [-0.1, -0.05) is 47.0 Å². The maximum absolute atomic E-state index is 10.5. The Morgan fingerprint density at radius 1 is 1.05 bits per heavy atom. The fourth-order valence-corrected chi connectivity index (χ4v) is 4.49. The molecule has 0 saturated heterocycles. The standard InChI is InChI=1S/C18H35NO/c1-5-18(3,4)14-11-12-17(20)16(13-14)19(6-2)15-9-7-8-10-15/h14-17,20H,5-13H2,1-4H3. The molecule has 2 heteroatoms. The molecule has 2 fully saturated rings. The first-order chi connectivity index (χ1) is 9.49. The number of aliphatic hydroxyl groups is 1. The predicted molar refractivity (Wildman–Crippen MR) is 85.8 cm³/mol. The van der Waals surface area contributed by atoms with E-state index in [1.807, 2.05) is 0 Å². The molecule has 0 heterocycles. The van der Waals surface area contributed by atoms with Gasteiger partial charge in [-0.3, -0.25) is 4.90 Å². The summed E-state index contributed by atoms with van der Waals surface area (Å²) >= 11 is 0. The summed E-state index contributed by atoms with van der Waals surface area (Å²) in [6.45, 7) is 10.5. The van der Waals surface area contributed by atoms with Crippen LogP contribution in [-0.4, -0.2) is 34.7 Å². The summed E-state index contributed by atoms with van der Waals surface area (Å²) in [4.78, 5) is 2.65. The van der Waals surface area contributed by atoms with Crippen LogP contribution in [0.4, 0.5) is 0 Å². The van der Waals surface area contributed by atoms with Crippen molar-refractivity contribution in [2.45, 2.75) is 97.2 Å². The van der Waals surface area contributed by atoms with Crippen LogP contribution in [0, 0.1) is 11.3 Å². The lowest BCUT2D eigenvalue weighted by Crippen LogP contribution is -2.52. The highest BCUT2D eigenvalue weighted by Crippen LogP contribution is 2.42. The molecular weight excluding hydrogens is 246 g/mol. The second-order valence-electron chi connectivity index (χ2n) is 7.76. The van der Waals surface area contributed by atoms with Gasteiger partial charge in [0.15, 0.2) is 0 Å². The van der Waals surface area contributed by atoms with Gasteiger partial charge in [-0.25, -0.2) is 0 Å². The highest BCUT2D eigenvalue weighted by molar-refractivity contribution is 4.94. The minimum atomic E-state index is -0.0977. The second-order valence-corrected chi connectivity index (χ2v) is 7.76. The third-order valence-corrected chi connectivity index (χ3v) is 6.38. The van der Waals surface area contributed by atoms with E-state index in [0.717, 1.165) is 24.9 Å². The zero-order chi connectivity index (χ0) is 14.8. The molecule has 20 heavy (non-hydrogen) atoms. The monoisotopic (exact) mass is 281 g/mol. The lowest BCUT2D eigenvalue weighted by molar-refractivity contribution is -0.0339. The van der Waals surface area contributed by atoms with Crippen LogP contribution in [0.2, 0.25) is 0 Å². The number of aliphatic hydroxyl groups excluding tert-OH is 1. The van der Waals surface area contributed by atoms with E-state index in [1.54, 1.807) is 0 Å².